The number of hydrogen-bond acceptors (Lipinski definition) is 1. The van der Waals surface area contributed by atoms with Crippen LogP contribution >= 0.6 is 0 Å². The molecule has 0 saturated carbocycles. The van der Waals surface area contributed by atoms with E-state index in [0.29, 0.717) is 6.23 Å². The van der Waals surface area contributed by atoms with Crippen molar-refractivity contribution in [2.75, 3.05) is 6.23 Å². The van der Waals surface area contributed by atoms with E-state index in [1.807, 2.05) is 0 Å². The van der Waals surface area contributed by atoms with E-state index in [4.69, 9.17) is 0 Å². The highest BCUT2D eigenvalue weighted by Gasteiger charge is 2.50. The standard InChI is InChI=1S/C25H64OSi7.6CH4/c1-16-18-33(23-30(12,13)14,25-32(17-2,19-26)22-29(9,10)11)24-31(15,20-27(3,4)5)21-28(6,7)8;;;;;;/h16,26H,1,17-25H2,2-15H3;6*1H4. The maximum atomic E-state index is 11.0. The number of aliphatic hydroxyl groups excluding tert-OH is 1. The molecule has 0 amide bonds. The summed E-state index contributed by atoms with van der Waals surface area (Å²) in [4.78, 5) is 0. The monoisotopic (exact) mass is 673 g/mol. The molecule has 246 valence electrons. The van der Waals surface area contributed by atoms with Crippen LogP contribution in [0.5, 0.6) is 0 Å². The van der Waals surface area contributed by atoms with Gasteiger partial charge in [0.25, 0.3) is 0 Å². The summed E-state index contributed by atoms with van der Waals surface area (Å²) < 4.78 is 0. The predicted molar refractivity (Wildman–Crippen MR) is 218 cm³/mol. The Morgan fingerprint density at radius 1 is 0.487 bits per heavy atom. The van der Waals surface area contributed by atoms with Gasteiger partial charge in [0, 0.05) is 54.7 Å². The van der Waals surface area contributed by atoms with Crippen LogP contribution in [-0.2, 0) is 0 Å². The Bertz CT molecular complexity index is 590. The minimum atomic E-state index is -1.67. The summed E-state index contributed by atoms with van der Waals surface area (Å²) in [5.74, 6) is 0. The second-order valence-corrected chi connectivity index (χ2v) is 57.1. The maximum absolute atomic E-state index is 11.0. The van der Waals surface area contributed by atoms with Gasteiger partial charge in [0.05, 0.1) is 8.07 Å². The Balaban J connectivity index is -0.000000341. The molecular formula is C31H88OSi7. The number of hydrogen-bond donors (Lipinski definition) is 1. The molecule has 0 aromatic rings. The minimum absolute atomic E-state index is 0. The van der Waals surface area contributed by atoms with E-state index in [0.717, 1.165) is 0 Å². The highest BCUT2D eigenvalue weighted by Crippen LogP contribution is 2.44. The Labute approximate surface area is 261 Å². The van der Waals surface area contributed by atoms with Crippen molar-refractivity contribution in [1.29, 1.82) is 0 Å². The van der Waals surface area contributed by atoms with E-state index < -0.39 is 56.5 Å². The van der Waals surface area contributed by atoms with Gasteiger partial charge in [0.2, 0.25) is 0 Å². The first-order valence-corrected chi connectivity index (χ1v) is 37.2. The van der Waals surface area contributed by atoms with Crippen molar-refractivity contribution in [2.45, 2.75) is 183 Å². The molecule has 0 aliphatic rings. The molecule has 0 aromatic carbocycles. The Morgan fingerprint density at radius 3 is 1.03 bits per heavy atom. The zero-order chi connectivity index (χ0) is 26.6. The van der Waals surface area contributed by atoms with Crippen LogP contribution in [0.4, 0.5) is 0 Å². The molecule has 1 N–H and O–H groups in total. The summed E-state index contributed by atoms with van der Waals surface area (Å²) in [6.07, 6.45) is 2.87. The highest BCUT2D eigenvalue weighted by molar-refractivity contribution is 7.14. The third-order valence-corrected chi connectivity index (χ3v) is 52.5. The fourth-order valence-corrected chi connectivity index (χ4v) is 76.9. The van der Waals surface area contributed by atoms with Crippen LogP contribution in [0.15, 0.2) is 12.7 Å². The third-order valence-electron chi connectivity index (χ3n) is 6.94. The average Bonchev–Trinajstić information content (AvgIpc) is 2.46. The van der Waals surface area contributed by atoms with Crippen LogP contribution in [0.1, 0.15) is 51.5 Å². The zero-order valence-corrected chi connectivity index (χ0v) is 32.6. The molecule has 0 spiro atoms. The van der Waals surface area contributed by atoms with Gasteiger partial charge in [0.1, 0.15) is 0 Å². The van der Waals surface area contributed by atoms with Gasteiger partial charge < -0.3 is 5.11 Å². The predicted octanol–water partition coefficient (Wildman–Crippen LogP) is 13.1. The average molecular weight is 674 g/mol. The molecule has 0 aliphatic heterocycles. The second kappa shape index (κ2) is 20.2. The van der Waals surface area contributed by atoms with Crippen LogP contribution in [0.2, 0.25) is 131 Å². The van der Waals surface area contributed by atoms with Gasteiger partial charge in [-0.15, -0.1) is 6.58 Å². The van der Waals surface area contributed by atoms with Crippen LogP contribution in [0.3, 0.4) is 0 Å². The van der Waals surface area contributed by atoms with Crippen LogP contribution in [0, 0.1) is 0 Å². The van der Waals surface area contributed by atoms with Gasteiger partial charge in [-0.2, -0.15) is 0 Å². The first kappa shape index (κ1) is 56.1. The summed E-state index contributed by atoms with van der Waals surface area (Å²) in [6.45, 7) is 40.9. The minimum Gasteiger partial charge on any atom is -0.400 e. The van der Waals surface area contributed by atoms with E-state index in [2.05, 4.69) is 105 Å². The van der Waals surface area contributed by atoms with E-state index >= 15 is 0 Å². The molecule has 0 aliphatic carbocycles. The molecule has 0 bridgehead atoms. The summed E-state index contributed by atoms with van der Waals surface area (Å²) in [7, 11) is -9.29. The van der Waals surface area contributed by atoms with Crippen LogP contribution in [0.25, 0.3) is 0 Å². The van der Waals surface area contributed by atoms with Crippen molar-refractivity contribution >= 4 is 56.5 Å². The lowest BCUT2D eigenvalue weighted by molar-refractivity contribution is 0.357. The van der Waals surface area contributed by atoms with Gasteiger partial charge in [-0.25, -0.2) is 0 Å². The number of aliphatic hydroxyl groups is 1. The Morgan fingerprint density at radius 2 is 0.795 bits per heavy atom. The van der Waals surface area contributed by atoms with Gasteiger partial charge in [0.15, 0.2) is 0 Å². The van der Waals surface area contributed by atoms with Crippen molar-refractivity contribution in [2.24, 2.45) is 0 Å². The van der Waals surface area contributed by atoms with E-state index in [1.165, 1.54) is 23.4 Å². The topological polar surface area (TPSA) is 20.2 Å². The lowest BCUT2D eigenvalue weighted by Crippen LogP contribution is -2.59. The molecule has 39 heavy (non-hydrogen) atoms. The second-order valence-electron chi connectivity index (χ2n) is 17.1. The fraction of sp³-hybridized carbons (Fsp3) is 0.935. The molecule has 0 fully saturated rings. The molecule has 2 atom stereocenters. The third kappa shape index (κ3) is 24.4. The normalized spacial score (nSPS) is 15.3. The van der Waals surface area contributed by atoms with E-state index in [-0.39, 0.29) is 44.6 Å². The molecule has 2 unspecified atom stereocenters. The molecule has 1 nitrogen and oxygen atoms in total. The molecular weight excluding hydrogens is 585 g/mol. The van der Waals surface area contributed by atoms with Gasteiger partial charge >= 0.3 is 0 Å². The zero-order valence-electron chi connectivity index (χ0n) is 25.6. The SMILES string of the molecule is C.C.C.C.C.C.C=CC[Si](C[Si](C)(C)C)(C[Si](C)(C[Si](C)(C)C)C[Si](C)(C)C)C[Si](CC)(CO)C[Si](C)(C)C. The first-order valence-electron chi connectivity index (χ1n) is 13.6. The summed E-state index contributed by atoms with van der Waals surface area (Å²) >= 11 is 0. The summed E-state index contributed by atoms with van der Waals surface area (Å²) in [5, 5.41) is 11.0. The molecule has 0 radical (unpaired) electrons. The molecule has 0 rings (SSSR count). The largest absolute Gasteiger partial charge is 0.400 e. The molecule has 8 heteroatoms. The van der Waals surface area contributed by atoms with Crippen molar-refractivity contribution in [1.82, 2.24) is 0 Å². The van der Waals surface area contributed by atoms with Crippen molar-refractivity contribution in [3.63, 3.8) is 0 Å². The smallest absolute Gasteiger partial charge is 0.0779 e. The van der Waals surface area contributed by atoms with Crippen molar-refractivity contribution in [3.05, 3.63) is 12.7 Å². The van der Waals surface area contributed by atoms with Gasteiger partial charge in [-0.1, -0.05) is 183 Å². The quantitative estimate of drug-likeness (QED) is 0.128. The summed E-state index contributed by atoms with van der Waals surface area (Å²) in [6, 6.07) is 2.60. The Kier molecular flexibility index (Phi) is 29.1. The molecule has 0 heterocycles. The first-order chi connectivity index (χ1) is 14.4. The maximum Gasteiger partial charge on any atom is 0.0779 e. The van der Waals surface area contributed by atoms with Gasteiger partial charge in [-0.05, 0) is 6.04 Å². The van der Waals surface area contributed by atoms with Crippen molar-refractivity contribution < 1.29 is 5.11 Å². The summed E-state index contributed by atoms with van der Waals surface area (Å²) in [5.41, 5.74) is 9.32. The van der Waals surface area contributed by atoms with Crippen LogP contribution < -0.4 is 0 Å². The fourth-order valence-electron chi connectivity index (χ4n) is 7.95. The molecule has 0 aromatic heterocycles. The van der Waals surface area contributed by atoms with Gasteiger partial charge in [-0.3, -0.25) is 0 Å². The molecule has 0 saturated heterocycles. The van der Waals surface area contributed by atoms with Crippen LogP contribution in [-0.4, -0.2) is 67.9 Å². The van der Waals surface area contributed by atoms with E-state index in [1.54, 1.807) is 22.7 Å². The van der Waals surface area contributed by atoms with E-state index in [9.17, 15) is 5.11 Å². The Hall–Kier alpha value is 1.22. The lowest BCUT2D eigenvalue weighted by atomic mass is 10.8. The highest BCUT2D eigenvalue weighted by atomic mass is 28.5. The van der Waals surface area contributed by atoms with Crippen molar-refractivity contribution in [3.8, 4) is 0 Å². The lowest BCUT2D eigenvalue weighted by Gasteiger charge is -2.49. The number of allylic oxidation sites excluding steroid dienone is 1. The number of rotatable bonds is 16.